The minimum atomic E-state index is 0.233. The minimum Gasteiger partial charge on any atom is -0.373 e. The first-order valence-corrected chi connectivity index (χ1v) is 5.06. The fourth-order valence-electron chi connectivity index (χ4n) is 2.06. The van der Waals surface area contributed by atoms with Gasteiger partial charge in [0.15, 0.2) is 0 Å². The van der Waals surface area contributed by atoms with E-state index in [-0.39, 0.29) is 6.10 Å². The zero-order valence-corrected chi connectivity index (χ0v) is 8.73. The average Bonchev–Trinajstić information content (AvgIpc) is 2.74. The largest absolute Gasteiger partial charge is 0.373 e. The van der Waals surface area contributed by atoms with Crippen LogP contribution in [0.5, 0.6) is 0 Å². The molecule has 1 fully saturated rings. The highest BCUT2D eigenvalue weighted by molar-refractivity contribution is 5.11. The minimum absolute atomic E-state index is 0.233. The second-order valence-electron chi connectivity index (χ2n) is 3.85. The van der Waals surface area contributed by atoms with Gasteiger partial charge in [0.25, 0.3) is 0 Å². The fraction of sp³-hybridized carbons (Fsp3) is 0.700. The molecule has 78 valence electrons. The number of ether oxygens (including phenoxy) is 1. The Morgan fingerprint density at radius 2 is 2.57 bits per heavy atom. The van der Waals surface area contributed by atoms with Gasteiger partial charge in [-0.1, -0.05) is 0 Å². The van der Waals surface area contributed by atoms with Crippen LogP contribution in [-0.4, -0.2) is 30.0 Å². The van der Waals surface area contributed by atoms with Crippen molar-refractivity contribution in [2.45, 2.75) is 12.5 Å². The molecule has 2 atom stereocenters. The summed E-state index contributed by atoms with van der Waals surface area (Å²) in [4.78, 5) is 0. The topological polar surface area (TPSA) is 39.1 Å². The molecule has 0 spiro atoms. The quantitative estimate of drug-likeness (QED) is 0.772. The summed E-state index contributed by atoms with van der Waals surface area (Å²) in [6.45, 7) is 1.88. The smallest absolute Gasteiger partial charge is 0.0896 e. The van der Waals surface area contributed by atoms with Crippen molar-refractivity contribution in [3.8, 4) is 0 Å². The van der Waals surface area contributed by atoms with E-state index in [1.165, 1.54) is 5.56 Å². The van der Waals surface area contributed by atoms with E-state index >= 15 is 0 Å². The van der Waals surface area contributed by atoms with Crippen LogP contribution in [0.2, 0.25) is 0 Å². The molecular formula is C10H17N3O. The van der Waals surface area contributed by atoms with Gasteiger partial charge >= 0.3 is 0 Å². The highest BCUT2D eigenvalue weighted by atomic mass is 16.5. The van der Waals surface area contributed by atoms with Crippen molar-refractivity contribution in [3.05, 3.63) is 18.0 Å². The molecule has 0 aromatic carbocycles. The highest BCUT2D eigenvalue weighted by Gasteiger charge is 2.29. The number of nitrogens with zero attached hydrogens (tertiary/aromatic N) is 2. The summed E-state index contributed by atoms with van der Waals surface area (Å²) in [5.41, 5.74) is 1.20. The van der Waals surface area contributed by atoms with Crippen molar-refractivity contribution in [2.24, 2.45) is 13.0 Å². The molecule has 2 unspecified atom stereocenters. The van der Waals surface area contributed by atoms with Gasteiger partial charge in [0.2, 0.25) is 0 Å². The molecule has 1 aliphatic heterocycles. The predicted octanol–water partition coefficient (Wildman–Crippen LogP) is 0.717. The highest BCUT2D eigenvalue weighted by Crippen LogP contribution is 2.33. The summed E-state index contributed by atoms with van der Waals surface area (Å²) in [5.74, 6) is 0.587. The summed E-state index contributed by atoms with van der Waals surface area (Å²) in [5, 5.41) is 7.38. The first-order valence-electron chi connectivity index (χ1n) is 5.06. The van der Waals surface area contributed by atoms with Gasteiger partial charge in [-0.3, -0.25) is 4.68 Å². The van der Waals surface area contributed by atoms with Crippen LogP contribution in [0.4, 0.5) is 0 Å². The molecule has 1 aliphatic rings. The number of hydrogen-bond acceptors (Lipinski definition) is 3. The zero-order valence-electron chi connectivity index (χ0n) is 8.73. The summed E-state index contributed by atoms with van der Waals surface area (Å²) in [7, 11) is 3.92. The fourth-order valence-corrected chi connectivity index (χ4v) is 2.06. The van der Waals surface area contributed by atoms with Gasteiger partial charge in [0.1, 0.15) is 0 Å². The Labute approximate surface area is 84.3 Å². The monoisotopic (exact) mass is 195 g/mol. The molecule has 4 heteroatoms. The van der Waals surface area contributed by atoms with Gasteiger partial charge in [0.05, 0.1) is 12.3 Å². The first kappa shape index (κ1) is 9.68. The van der Waals surface area contributed by atoms with Gasteiger partial charge in [-0.15, -0.1) is 0 Å². The van der Waals surface area contributed by atoms with E-state index in [1.807, 2.05) is 31.2 Å². The predicted molar refractivity (Wildman–Crippen MR) is 53.9 cm³/mol. The molecule has 0 amide bonds. The Balaban J connectivity index is 2.09. The number of rotatable bonds is 3. The van der Waals surface area contributed by atoms with E-state index in [1.54, 1.807) is 0 Å². The van der Waals surface area contributed by atoms with Crippen molar-refractivity contribution in [2.75, 3.05) is 20.2 Å². The molecule has 1 N–H and O–H groups in total. The third-order valence-electron chi connectivity index (χ3n) is 2.73. The van der Waals surface area contributed by atoms with Crippen molar-refractivity contribution in [1.82, 2.24) is 15.1 Å². The normalized spacial score (nSPS) is 27.0. The lowest BCUT2D eigenvalue weighted by Gasteiger charge is -2.16. The third-order valence-corrected chi connectivity index (χ3v) is 2.73. The van der Waals surface area contributed by atoms with Gasteiger partial charge in [-0.05, 0) is 13.5 Å². The first-order chi connectivity index (χ1) is 6.81. The van der Waals surface area contributed by atoms with Crippen LogP contribution in [0.15, 0.2) is 12.4 Å². The van der Waals surface area contributed by atoms with E-state index in [0.717, 1.165) is 19.6 Å². The lowest BCUT2D eigenvalue weighted by Crippen LogP contribution is -2.21. The van der Waals surface area contributed by atoms with Gasteiger partial charge in [0, 0.05) is 37.9 Å². The second-order valence-corrected chi connectivity index (χ2v) is 3.85. The number of aryl methyl sites for hydroxylation is 1. The maximum absolute atomic E-state index is 5.72. The second kappa shape index (κ2) is 4.11. The third kappa shape index (κ3) is 1.81. The molecule has 0 bridgehead atoms. The molecule has 1 aromatic heterocycles. The van der Waals surface area contributed by atoms with Crippen LogP contribution in [0.1, 0.15) is 18.1 Å². The number of nitrogens with one attached hydrogen (secondary N) is 1. The van der Waals surface area contributed by atoms with Crippen LogP contribution in [0, 0.1) is 5.92 Å². The molecule has 4 nitrogen and oxygen atoms in total. The van der Waals surface area contributed by atoms with E-state index in [2.05, 4.69) is 10.4 Å². The lowest BCUT2D eigenvalue weighted by molar-refractivity contribution is 0.0909. The Morgan fingerprint density at radius 1 is 1.71 bits per heavy atom. The van der Waals surface area contributed by atoms with Crippen molar-refractivity contribution >= 4 is 0 Å². The van der Waals surface area contributed by atoms with E-state index < -0.39 is 0 Å². The molecule has 1 aromatic rings. The summed E-state index contributed by atoms with van der Waals surface area (Å²) < 4.78 is 7.55. The molecular weight excluding hydrogens is 178 g/mol. The number of hydrogen-bond donors (Lipinski definition) is 1. The molecule has 1 saturated heterocycles. The van der Waals surface area contributed by atoms with Gasteiger partial charge < -0.3 is 10.1 Å². The maximum atomic E-state index is 5.72. The van der Waals surface area contributed by atoms with Crippen molar-refractivity contribution in [3.63, 3.8) is 0 Å². The Hall–Kier alpha value is -0.870. The van der Waals surface area contributed by atoms with Gasteiger partial charge in [-0.25, -0.2) is 0 Å². The number of aromatic nitrogens is 2. The molecule has 0 radical (unpaired) electrons. The van der Waals surface area contributed by atoms with E-state index in [4.69, 9.17) is 4.74 Å². The van der Waals surface area contributed by atoms with Crippen LogP contribution >= 0.6 is 0 Å². The Kier molecular flexibility index (Phi) is 2.84. The molecule has 0 aliphatic carbocycles. The Morgan fingerprint density at radius 3 is 3.21 bits per heavy atom. The molecule has 14 heavy (non-hydrogen) atoms. The van der Waals surface area contributed by atoms with Gasteiger partial charge in [-0.2, -0.15) is 5.10 Å². The van der Waals surface area contributed by atoms with Crippen LogP contribution in [0.25, 0.3) is 0 Å². The molecule has 2 heterocycles. The van der Waals surface area contributed by atoms with E-state index in [9.17, 15) is 0 Å². The standard InChI is InChI=1S/C10H17N3O/c1-11-5-8-3-4-14-10(8)9-6-12-13(2)7-9/h6-8,10-11H,3-5H2,1-2H3. The summed E-state index contributed by atoms with van der Waals surface area (Å²) in [6, 6.07) is 0. The molecule has 2 rings (SSSR count). The summed E-state index contributed by atoms with van der Waals surface area (Å²) >= 11 is 0. The summed E-state index contributed by atoms with van der Waals surface area (Å²) in [6.07, 6.45) is 5.31. The zero-order chi connectivity index (χ0) is 9.97. The van der Waals surface area contributed by atoms with E-state index in [0.29, 0.717) is 5.92 Å². The SMILES string of the molecule is CNCC1CCOC1c1cnn(C)c1. The average molecular weight is 195 g/mol. The maximum Gasteiger partial charge on any atom is 0.0896 e. The van der Waals surface area contributed by atoms with Crippen molar-refractivity contribution < 1.29 is 4.74 Å². The van der Waals surface area contributed by atoms with Crippen LogP contribution in [0.3, 0.4) is 0 Å². The Bertz CT molecular complexity index is 297. The van der Waals surface area contributed by atoms with Crippen molar-refractivity contribution in [1.29, 1.82) is 0 Å². The van der Waals surface area contributed by atoms with Crippen LogP contribution < -0.4 is 5.32 Å². The van der Waals surface area contributed by atoms with Crippen LogP contribution in [-0.2, 0) is 11.8 Å². The lowest BCUT2D eigenvalue weighted by atomic mass is 9.97. The molecule has 0 saturated carbocycles.